The topological polar surface area (TPSA) is 75.7 Å². The van der Waals surface area contributed by atoms with Gasteiger partial charge in [0.05, 0.1) is 24.3 Å². The molecule has 0 aliphatic carbocycles. The molecule has 7 heteroatoms. The standard InChI is InChI=1S/C25H34N2O4S/c1-3-31-24-15-13-22(14-16-24)20(2)26-25(28)23-12-7-17-27(19-23)32(29,30)18-8-11-21-9-5-4-6-10-21/h4-6,9-10,13-16,20,23H,3,7-8,11-12,17-19H2,1-2H3,(H,26,28)/t20-,23-/m0/s1. The predicted molar refractivity (Wildman–Crippen MR) is 127 cm³/mol. The Hall–Kier alpha value is -2.38. The lowest BCUT2D eigenvalue weighted by Crippen LogP contribution is -2.46. The van der Waals surface area contributed by atoms with Gasteiger partial charge in [-0.25, -0.2) is 12.7 Å². The van der Waals surface area contributed by atoms with Crippen molar-refractivity contribution in [3.8, 4) is 5.75 Å². The number of sulfonamides is 1. The molecule has 0 radical (unpaired) electrons. The van der Waals surface area contributed by atoms with Gasteiger partial charge in [0.25, 0.3) is 0 Å². The van der Waals surface area contributed by atoms with Crippen LogP contribution in [0.15, 0.2) is 54.6 Å². The van der Waals surface area contributed by atoms with E-state index in [4.69, 9.17) is 4.74 Å². The minimum Gasteiger partial charge on any atom is -0.494 e. The van der Waals surface area contributed by atoms with Crippen LogP contribution in [0.4, 0.5) is 0 Å². The van der Waals surface area contributed by atoms with E-state index in [1.165, 1.54) is 4.31 Å². The first-order valence-electron chi connectivity index (χ1n) is 11.4. The molecule has 1 amide bonds. The summed E-state index contributed by atoms with van der Waals surface area (Å²) >= 11 is 0. The lowest BCUT2D eigenvalue weighted by molar-refractivity contribution is -0.126. The fourth-order valence-corrected chi connectivity index (χ4v) is 5.66. The molecule has 32 heavy (non-hydrogen) atoms. The molecular weight excluding hydrogens is 424 g/mol. The average Bonchev–Trinajstić information content (AvgIpc) is 2.80. The van der Waals surface area contributed by atoms with E-state index in [0.717, 1.165) is 23.3 Å². The average molecular weight is 459 g/mol. The fourth-order valence-electron chi connectivity index (χ4n) is 4.08. The van der Waals surface area contributed by atoms with Gasteiger partial charge in [0.15, 0.2) is 0 Å². The highest BCUT2D eigenvalue weighted by atomic mass is 32.2. The molecule has 2 aromatic rings. The van der Waals surface area contributed by atoms with Crippen molar-refractivity contribution in [2.75, 3.05) is 25.4 Å². The van der Waals surface area contributed by atoms with Gasteiger partial charge in [0, 0.05) is 13.1 Å². The van der Waals surface area contributed by atoms with E-state index >= 15 is 0 Å². The normalized spacial score (nSPS) is 18.1. The van der Waals surface area contributed by atoms with E-state index in [0.29, 0.717) is 32.4 Å². The third-order valence-corrected chi connectivity index (χ3v) is 7.83. The summed E-state index contributed by atoms with van der Waals surface area (Å²) in [6.07, 6.45) is 2.72. The monoisotopic (exact) mass is 458 g/mol. The molecule has 1 saturated heterocycles. The van der Waals surface area contributed by atoms with Crippen LogP contribution in [0, 0.1) is 5.92 Å². The molecule has 1 fully saturated rings. The van der Waals surface area contributed by atoms with E-state index in [-0.39, 0.29) is 30.2 Å². The summed E-state index contributed by atoms with van der Waals surface area (Å²) in [5.41, 5.74) is 2.13. The van der Waals surface area contributed by atoms with Crippen molar-refractivity contribution >= 4 is 15.9 Å². The first kappa shape index (κ1) is 24.3. The number of ether oxygens (including phenoxy) is 1. The van der Waals surface area contributed by atoms with Crippen LogP contribution < -0.4 is 10.1 Å². The van der Waals surface area contributed by atoms with E-state index in [9.17, 15) is 13.2 Å². The van der Waals surface area contributed by atoms with Gasteiger partial charge >= 0.3 is 0 Å². The van der Waals surface area contributed by atoms with Crippen molar-refractivity contribution in [3.63, 3.8) is 0 Å². The molecule has 1 aliphatic heterocycles. The Balaban J connectivity index is 1.51. The van der Waals surface area contributed by atoms with Gasteiger partial charge in [-0.1, -0.05) is 42.5 Å². The second kappa shape index (κ2) is 11.5. The van der Waals surface area contributed by atoms with E-state index in [2.05, 4.69) is 5.32 Å². The van der Waals surface area contributed by atoms with Crippen LogP contribution in [0.2, 0.25) is 0 Å². The van der Waals surface area contributed by atoms with Gasteiger partial charge in [-0.2, -0.15) is 0 Å². The Bertz CT molecular complexity index is 961. The van der Waals surface area contributed by atoms with Gasteiger partial charge in [-0.15, -0.1) is 0 Å². The number of piperidine rings is 1. The van der Waals surface area contributed by atoms with Crippen LogP contribution in [-0.2, 0) is 21.2 Å². The summed E-state index contributed by atoms with van der Waals surface area (Å²) in [7, 11) is -3.37. The quantitative estimate of drug-likeness (QED) is 0.585. The summed E-state index contributed by atoms with van der Waals surface area (Å²) in [4.78, 5) is 12.9. The van der Waals surface area contributed by atoms with Crippen LogP contribution in [-0.4, -0.2) is 44.1 Å². The number of aryl methyl sites for hydroxylation is 1. The van der Waals surface area contributed by atoms with Crippen molar-refractivity contribution < 1.29 is 17.9 Å². The van der Waals surface area contributed by atoms with Gasteiger partial charge < -0.3 is 10.1 Å². The van der Waals surface area contributed by atoms with Gasteiger partial charge in [0.1, 0.15) is 5.75 Å². The molecule has 0 unspecified atom stereocenters. The molecule has 2 atom stereocenters. The maximum atomic E-state index is 12.9. The predicted octanol–water partition coefficient (Wildman–Crippen LogP) is 3.94. The highest BCUT2D eigenvalue weighted by Crippen LogP contribution is 2.23. The molecular formula is C25H34N2O4S. The Labute approximate surface area is 192 Å². The minimum atomic E-state index is -3.37. The third-order valence-electron chi connectivity index (χ3n) is 5.91. The number of carbonyl (C=O) groups excluding carboxylic acids is 1. The van der Waals surface area contributed by atoms with Crippen LogP contribution in [0.1, 0.15) is 50.3 Å². The zero-order valence-corrected chi connectivity index (χ0v) is 19.8. The molecule has 0 bridgehead atoms. The van der Waals surface area contributed by atoms with Crippen molar-refractivity contribution in [1.29, 1.82) is 0 Å². The summed E-state index contributed by atoms with van der Waals surface area (Å²) in [5.74, 6) is 0.502. The van der Waals surface area contributed by atoms with Gasteiger partial charge in [-0.3, -0.25) is 4.79 Å². The van der Waals surface area contributed by atoms with E-state index in [1.807, 2.05) is 68.4 Å². The number of carbonyl (C=O) groups is 1. The zero-order valence-electron chi connectivity index (χ0n) is 19.0. The Morgan fingerprint density at radius 3 is 2.56 bits per heavy atom. The largest absolute Gasteiger partial charge is 0.494 e. The summed E-state index contributed by atoms with van der Waals surface area (Å²) in [5, 5.41) is 3.05. The fraction of sp³-hybridized carbons (Fsp3) is 0.480. The second-order valence-electron chi connectivity index (χ2n) is 8.33. The molecule has 2 aromatic carbocycles. The highest BCUT2D eigenvalue weighted by molar-refractivity contribution is 7.89. The lowest BCUT2D eigenvalue weighted by atomic mass is 9.98. The number of rotatable bonds is 10. The van der Waals surface area contributed by atoms with Crippen molar-refractivity contribution in [2.24, 2.45) is 5.92 Å². The van der Waals surface area contributed by atoms with Gasteiger partial charge in [-0.05, 0) is 62.8 Å². The third kappa shape index (κ3) is 6.81. The SMILES string of the molecule is CCOc1ccc([C@H](C)NC(=O)[C@H]2CCCN(S(=O)(=O)CCCc3ccccc3)C2)cc1. The molecule has 0 aromatic heterocycles. The number of benzene rings is 2. The van der Waals surface area contributed by atoms with Crippen molar-refractivity contribution in [1.82, 2.24) is 9.62 Å². The Morgan fingerprint density at radius 2 is 1.88 bits per heavy atom. The van der Waals surface area contributed by atoms with Crippen molar-refractivity contribution in [3.05, 3.63) is 65.7 Å². The Kier molecular flexibility index (Phi) is 8.70. The molecule has 0 spiro atoms. The first-order valence-corrected chi connectivity index (χ1v) is 13.0. The molecule has 1 aliphatic rings. The molecule has 1 N–H and O–H groups in total. The number of nitrogens with zero attached hydrogens (tertiary/aromatic N) is 1. The van der Waals surface area contributed by atoms with Crippen LogP contribution in [0.25, 0.3) is 0 Å². The maximum Gasteiger partial charge on any atom is 0.224 e. The zero-order chi connectivity index (χ0) is 23.0. The number of hydrogen-bond acceptors (Lipinski definition) is 4. The highest BCUT2D eigenvalue weighted by Gasteiger charge is 2.32. The number of nitrogens with one attached hydrogen (secondary N) is 1. The molecule has 3 rings (SSSR count). The van der Waals surface area contributed by atoms with Crippen LogP contribution >= 0.6 is 0 Å². The minimum absolute atomic E-state index is 0.0874. The second-order valence-corrected chi connectivity index (χ2v) is 10.4. The molecule has 6 nitrogen and oxygen atoms in total. The van der Waals surface area contributed by atoms with E-state index < -0.39 is 10.0 Å². The molecule has 1 heterocycles. The lowest BCUT2D eigenvalue weighted by Gasteiger charge is -2.32. The number of hydrogen-bond donors (Lipinski definition) is 1. The van der Waals surface area contributed by atoms with Gasteiger partial charge in [0.2, 0.25) is 15.9 Å². The first-order chi connectivity index (χ1) is 15.4. The summed E-state index contributed by atoms with van der Waals surface area (Å²) < 4.78 is 32.7. The van der Waals surface area contributed by atoms with Crippen LogP contribution in [0.5, 0.6) is 5.75 Å². The summed E-state index contributed by atoms with van der Waals surface area (Å²) in [6, 6.07) is 17.4. The Morgan fingerprint density at radius 1 is 1.16 bits per heavy atom. The molecule has 174 valence electrons. The van der Waals surface area contributed by atoms with Crippen molar-refractivity contribution in [2.45, 2.75) is 45.6 Å². The number of amides is 1. The smallest absolute Gasteiger partial charge is 0.224 e. The van der Waals surface area contributed by atoms with Crippen LogP contribution in [0.3, 0.4) is 0 Å². The van der Waals surface area contributed by atoms with E-state index in [1.54, 1.807) is 0 Å². The maximum absolute atomic E-state index is 12.9. The molecule has 0 saturated carbocycles. The summed E-state index contributed by atoms with van der Waals surface area (Å²) in [6.45, 7) is 5.24.